The lowest BCUT2D eigenvalue weighted by Crippen LogP contribution is -2.44. The van der Waals surface area contributed by atoms with E-state index in [1.54, 1.807) is 0 Å². The molecule has 0 unspecified atom stereocenters. The summed E-state index contributed by atoms with van der Waals surface area (Å²) in [5.74, 6) is 2.93. The summed E-state index contributed by atoms with van der Waals surface area (Å²) in [5, 5.41) is 20.0. The Morgan fingerprint density at radius 2 is 1.91 bits per heavy atom. The summed E-state index contributed by atoms with van der Waals surface area (Å²) in [6.45, 7) is 3.70. The van der Waals surface area contributed by atoms with Crippen LogP contribution in [0.5, 0.6) is 0 Å². The van der Waals surface area contributed by atoms with Crippen LogP contribution in [0.15, 0.2) is 30.3 Å². The first-order chi connectivity index (χ1) is 15.6. The van der Waals surface area contributed by atoms with Crippen LogP contribution in [0.2, 0.25) is 0 Å². The number of carbonyl (C=O) groups excluding carboxylic acids is 1. The molecule has 5 rings (SSSR count). The predicted octanol–water partition coefficient (Wildman–Crippen LogP) is 2.05. The molecular formula is C22H27N7O3. The summed E-state index contributed by atoms with van der Waals surface area (Å²) >= 11 is 0. The van der Waals surface area contributed by atoms with Crippen LogP contribution in [-0.4, -0.2) is 58.5 Å². The van der Waals surface area contributed by atoms with Gasteiger partial charge in [0.25, 0.3) is 12.4 Å². The minimum absolute atomic E-state index is 0.0570. The van der Waals surface area contributed by atoms with Crippen LogP contribution >= 0.6 is 0 Å². The molecule has 32 heavy (non-hydrogen) atoms. The monoisotopic (exact) mass is 437 g/mol. The molecule has 1 aromatic carbocycles. The van der Waals surface area contributed by atoms with Crippen LogP contribution in [0.25, 0.3) is 0 Å². The number of benzene rings is 1. The van der Waals surface area contributed by atoms with Gasteiger partial charge in [0.2, 0.25) is 5.82 Å². The van der Waals surface area contributed by atoms with Gasteiger partial charge in [0.05, 0.1) is 12.6 Å². The summed E-state index contributed by atoms with van der Waals surface area (Å²) in [5.41, 5.74) is 1.17. The zero-order valence-electron chi connectivity index (χ0n) is 18.1. The van der Waals surface area contributed by atoms with Crippen molar-refractivity contribution < 1.29 is 14.7 Å². The molecule has 0 saturated heterocycles. The molecule has 0 fully saturated rings. The van der Waals surface area contributed by atoms with Crippen LogP contribution < -0.4 is 0 Å². The highest BCUT2D eigenvalue weighted by molar-refractivity contribution is 5.91. The van der Waals surface area contributed by atoms with Gasteiger partial charge in [-0.1, -0.05) is 36.8 Å². The van der Waals surface area contributed by atoms with Gasteiger partial charge in [0, 0.05) is 25.9 Å². The first-order valence-electron chi connectivity index (χ1n) is 10.9. The molecule has 2 aliphatic heterocycles. The SMILES string of the molecule is Cc1nc2n(n1)CCN(C(=O)c1nnc3n1CCCCC3)[C@H]2Cc1ccccc1.O=CO. The second kappa shape index (κ2) is 9.71. The maximum Gasteiger partial charge on any atom is 0.292 e. The smallest absolute Gasteiger partial charge is 0.292 e. The largest absolute Gasteiger partial charge is 0.483 e. The van der Waals surface area contributed by atoms with Crippen molar-refractivity contribution in [3.8, 4) is 0 Å². The van der Waals surface area contributed by atoms with Gasteiger partial charge < -0.3 is 14.6 Å². The number of hydrogen-bond donors (Lipinski definition) is 1. The first-order valence-corrected chi connectivity index (χ1v) is 10.9. The second-order valence-corrected chi connectivity index (χ2v) is 7.95. The molecule has 1 N–H and O–H groups in total. The highest BCUT2D eigenvalue weighted by atomic mass is 16.3. The van der Waals surface area contributed by atoms with E-state index in [9.17, 15) is 4.79 Å². The fourth-order valence-electron chi connectivity index (χ4n) is 4.43. The number of aromatic nitrogens is 6. The molecule has 0 saturated carbocycles. The van der Waals surface area contributed by atoms with Crippen molar-refractivity contribution in [2.75, 3.05) is 6.54 Å². The number of hydrogen-bond acceptors (Lipinski definition) is 6. The molecule has 2 aliphatic rings. The van der Waals surface area contributed by atoms with E-state index in [0.29, 0.717) is 25.3 Å². The van der Waals surface area contributed by atoms with E-state index in [4.69, 9.17) is 9.90 Å². The molecule has 1 atom stereocenters. The second-order valence-electron chi connectivity index (χ2n) is 7.95. The third-order valence-corrected chi connectivity index (χ3v) is 5.87. The maximum absolute atomic E-state index is 13.6. The summed E-state index contributed by atoms with van der Waals surface area (Å²) in [7, 11) is 0. The zero-order valence-corrected chi connectivity index (χ0v) is 18.1. The van der Waals surface area contributed by atoms with Crippen LogP contribution in [0.1, 0.15) is 59.0 Å². The summed E-state index contributed by atoms with van der Waals surface area (Å²) < 4.78 is 3.97. The van der Waals surface area contributed by atoms with E-state index in [2.05, 4.69) is 32.4 Å². The Morgan fingerprint density at radius 1 is 1.12 bits per heavy atom. The van der Waals surface area contributed by atoms with Gasteiger partial charge in [0.1, 0.15) is 17.5 Å². The fourth-order valence-corrected chi connectivity index (χ4v) is 4.43. The summed E-state index contributed by atoms with van der Waals surface area (Å²) in [6.07, 6.45) is 4.92. The van der Waals surface area contributed by atoms with Gasteiger partial charge in [-0.25, -0.2) is 9.67 Å². The standard InChI is InChI=1S/C21H25N7O.CH2O2/c1-15-22-19-17(14-16-8-4-2-5-9-16)26(12-13-28(19)25-15)21(29)20-24-23-18-10-6-3-7-11-27(18)20;2-1-3/h2,4-5,8-9,17H,3,6-7,10-14H2,1H3;1H,(H,2,3)/t17-;/m0./s1. The molecule has 10 heteroatoms. The van der Waals surface area contributed by atoms with Gasteiger partial charge in [-0.05, 0) is 25.3 Å². The lowest BCUT2D eigenvalue weighted by Gasteiger charge is -2.35. The number of nitrogens with zero attached hydrogens (tertiary/aromatic N) is 7. The highest BCUT2D eigenvalue weighted by Crippen LogP contribution is 2.29. The summed E-state index contributed by atoms with van der Waals surface area (Å²) in [4.78, 5) is 28.5. The molecule has 1 amide bonds. The van der Waals surface area contributed by atoms with Crippen LogP contribution in [0.4, 0.5) is 0 Å². The number of carboxylic acid groups (broad SMARTS) is 1. The molecule has 0 spiro atoms. The molecule has 10 nitrogen and oxygen atoms in total. The number of fused-ring (bicyclic) bond motifs is 2. The van der Waals surface area contributed by atoms with E-state index < -0.39 is 0 Å². The van der Waals surface area contributed by atoms with Crippen molar-refractivity contribution in [3.63, 3.8) is 0 Å². The van der Waals surface area contributed by atoms with Crippen molar-refractivity contribution in [1.82, 2.24) is 34.4 Å². The molecule has 3 aromatic rings. The lowest BCUT2D eigenvalue weighted by molar-refractivity contribution is -0.122. The number of carbonyl (C=O) groups is 2. The van der Waals surface area contributed by atoms with Crippen LogP contribution in [0, 0.1) is 6.92 Å². The third kappa shape index (κ3) is 4.39. The Morgan fingerprint density at radius 3 is 2.69 bits per heavy atom. The van der Waals surface area contributed by atoms with Crippen molar-refractivity contribution >= 4 is 12.4 Å². The van der Waals surface area contributed by atoms with Gasteiger partial charge in [0.15, 0.2) is 0 Å². The Hall–Kier alpha value is -3.56. The van der Waals surface area contributed by atoms with E-state index in [1.165, 1.54) is 12.0 Å². The van der Waals surface area contributed by atoms with Crippen molar-refractivity contribution in [2.45, 2.75) is 58.2 Å². The van der Waals surface area contributed by atoms with Gasteiger partial charge in [-0.2, -0.15) is 5.10 Å². The molecule has 4 heterocycles. The van der Waals surface area contributed by atoms with E-state index in [-0.39, 0.29) is 18.4 Å². The average molecular weight is 438 g/mol. The highest BCUT2D eigenvalue weighted by Gasteiger charge is 2.36. The topological polar surface area (TPSA) is 119 Å². The Kier molecular flexibility index (Phi) is 6.58. The van der Waals surface area contributed by atoms with Crippen molar-refractivity contribution in [3.05, 3.63) is 59.2 Å². The van der Waals surface area contributed by atoms with Crippen molar-refractivity contribution in [1.29, 1.82) is 0 Å². The van der Waals surface area contributed by atoms with Gasteiger partial charge in [-0.15, -0.1) is 10.2 Å². The van der Waals surface area contributed by atoms with Crippen LogP contribution in [0.3, 0.4) is 0 Å². The maximum atomic E-state index is 13.6. The lowest BCUT2D eigenvalue weighted by atomic mass is 10.0. The Bertz CT molecular complexity index is 1080. The number of aryl methyl sites for hydroxylation is 2. The molecule has 0 aliphatic carbocycles. The average Bonchev–Trinajstić information content (AvgIpc) is 3.30. The molecule has 0 bridgehead atoms. The number of rotatable bonds is 3. The quantitative estimate of drug-likeness (QED) is 0.623. The van der Waals surface area contributed by atoms with E-state index in [0.717, 1.165) is 43.3 Å². The van der Waals surface area contributed by atoms with Crippen LogP contribution in [-0.2, 0) is 30.7 Å². The van der Waals surface area contributed by atoms with Gasteiger partial charge >= 0.3 is 0 Å². The van der Waals surface area contributed by atoms with Gasteiger partial charge in [-0.3, -0.25) is 9.59 Å². The van der Waals surface area contributed by atoms with E-state index >= 15 is 0 Å². The minimum atomic E-state index is -0.250. The number of amides is 1. The molecule has 2 aromatic heterocycles. The minimum Gasteiger partial charge on any atom is -0.483 e. The fraction of sp³-hybridized carbons (Fsp3) is 0.455. The zero-order chi connectivity index (χ0) is 22.5. The Labute approximate surface area is 185 Å². The Balaban J connectivity index is 0.000000775. The molecule has 168 valence electrons. The third-order valence-electron chi connectivity index (χ3n) is 5.87. The molecule has 0 radical (unpaired) electrons. The predicted molar refractivity (Wildman–Crippen MR) is 115 cm³/mol. The summed E-state index contributed by atoms with van der Waals surface area (Å²) in [6, 6.07) is 10.1. The normalized spacial score (nSPS) is 17.4. The van der Waals surface area contributed by atoms with E-state index in [1.807, 2.05) is 39.3 Å². The molecular weight excluding hydrogens is 410 g/mol. The van der Waals surface area contributed by atoms with Crippen molar-refractivity contribution in [2.24, 2.45) is 0 Å². The first kappa shape index (κ1) is 21.7.